The molecule has 0 saturated heterocycles. The van der Waals surface area contributed by atoms with Gasteiger partial charge in [-0.3, -0.25) is 4.68 Å². The van der Waals surface area contributed by atoms with E-state index in [9.17, 15) is 0 Å². The van der Waals surface area contributed by atoms with Gasteiger partial charge in [-0.15, -0.1) is 0 Å². The van der Waals surface area contributed by atoms with E-state index in [4.69, 9.17) is 5.84 Å². The molecule has 19 heavy (non-hydrogen) atoms. The second-order valence-corrected chi connectivity index (χ2v) is 4.75. The minimum atomic E-state index is 0.594. The molecule has 0 bridgehead atoms. The third kappa shape index (κ3) is 3.83. The zero-order valence-electron chi connectivity index (χ0n) is 10.9. The van der Waals surface area contributed by atoms with E-state index in [1.165, 1.54) is 11.8 Å². The normalized spacial score (nSPS) is 10.5. The second kappa shape index (κ2) is 6.39. The van der Waals surface area contributed by atoms with Gasteiger partial charge in [0.2, 0.25) is 0 Å². The van der Waals surface area contributed by atoms with Crippen molar-refractivity contribution in [1.82, 2.24) is 19.7 Å². The fourth-order valence-electron chi connectivity index (χ4n) is 1.57. The molecule has 0 fully saturated rings. The third-order valence-corrected chi connectivity index (χ3v) is 2.99. The lowest BCUT2D eigenvalue weighted by Gasteiger charge is -2.08. The number of anilines is 2. The average Bonchev–Trinajstić information content (AvgIpc) is 2.84. The van der Waals surface area contributed by atoms with E-state index in [1.807, 2.05) is 30.3 Å². The number of rotatable bonds is 6. The van der Waals surface area contributed by atoms with Crippen LogP contribution in [0, 0.1) is 6.92 Å². The molecule has 0 aliphatic rings. The van der Waals surface area contributed by atoms with Crippen LogP contribution in [0.1, 0.15) is 5.56 Å². The molecule has 4 N–H and O–H groups in total. The highest BCUT2D eigenvalue weighted by Gasteiger charge is 2.03. The summed E-state index contributed by atoms with van der Waals surface area (Å²) in [5.41, 5.74) is 3.69. The number of aromatic nitrogens is 4. The van der Waals surface area contributed by atoms with Crippen LogP contribution in [0.3, 0.4) is 0 Å². The molecule has 0 aliphatic heterocycles. The molecule has 7 nitrogen and oxygen atoms in total. The Morgan fingerprint density at radius 2 is 2.16 bits per heavy atom. The van der Waals surface area contributed by atoms with Crippen molar-refractivity contribution >= 4 is 23.4 Å². The number of thioether (sulfide) groups is 1. The molecular weight excluding hydrogens is 262 g/mol. The standard InChI is InChI=1S/C11H17N7S/c1-8-6-14-18(7-8)4-3-13-9-5-10(17-12)16-11(15-9)19-2/h5-7H,3-4,12H2,1-2H3,(H2,13,15,16,17). The maximum atomic E-state index is 5.37. The molecule has 8 heteroatoms. The lowest BCUT2D eigenvalue weighted by Crippen LogP contribution is -2.14. The summed E-state index contributed by atoms with van der Waals surface area (Å²) in [6.07, 6.45) is 5.76. The highest BCUT2D eigenvalue weighted by molar-refractivity contribution is 7.98. The SMILES string of the molecule is CSc1nc(NN)cc(NCCn2cc(C)cn2)n1. The van der Waals surface area contributed by atoms with E-state index in [0.29, 0.717) is 11.0 Å². The van der Waals surface area contributed by atoms with Gasteiger partial charge in [0.25, 0.3) is 0 Å². The first-order valence-corrected chi connectivity index (χ1v) is 7.06. The van der Waals surface area contributed by atoms with E-state index < -0.39 is 0 Å². The monoisotopic (exact) mass is 279 g/mol. The zero-order chi connectivity index (χ0) is 13.7. The van der Waals surface area contributed by atoms with Crippen LogP contribution in [0.15, 0.2) is 23.6 Å². The number of nitrogens with two attached hydrogens (primary N) is 1. The van der Waals surface area contributed by atoms with Crippen molar-refractivity contribution in [2.24, 2.45) is 5.84 Å². The van der Waals surface area contributed by atoms with E-state index in [0.717, 1.165) is 24.5 Å². The lowest BCUT2D eigenvalue weighted by atomic mass is 10.4. The molecule has 0 saturated carbocycles. The van der Waals surface area contributed by atoms with Crippen LogP contribution in [-0.4, -0.2) is 32.5 Å². The van der Waals surface area contributed by atoms with Crippen molar-refractivity contribution < 1.29 is 0 Å². The Hall–Kier alpha value is -1.80. The first kappa shape index (κ1) is 13.6. The Labute approximate surface area is 116 Å². The van der Waals surface area contributed by atoms with Gasteiger partial charge in [0.05, 0.1) is 12.7 Å². The largest absolute Gasteiger partial charge is 0.368 e. The second-order valence-electron chi connectivity index (χ2n) is 3.98. The number of hydrazine groups is 1. The van der Waals surface area contributed by atoms with E-state index in [-0.39, 0.29) is 0 Å². The molecular formula is C11H17N7S. The van der Waals surface area contributed by atoms with Gasteiger partial charge < -0.3 is 10.7 Å². The summed E-state index contributed by atoms with van der Waals surface area (Å²) >= 11 is 1.47. The van der Waals surface area contributed by atoms with E-state index in [1.54, 1.807) is 6.07 Å². The lowest BCUT2D eigenvalue weighted by molar-refractivity contribution is 0.636. The van der Waals surface area contributed by atoms with Crippen molar-refractivity contribution in [1.29, 1.82) is 0 Å². The fourth-order valence-corrected chi connectivity index (χ4v) is 1.95. The summed E-state index contributed by atoms with van der Waals surface area (Å²) < 4.78 is 1.89. The molecule has 0 aliphatic carbocycles. The fraction of sp³-hybridized carbons (Fsp3) is 0.364. The minimum Gasteiger partial charge on any atom is -0.368 e. The Balaban J connectivity index is 1.95. The van der Waals surface area contributed by atoms with Crippen LogP contribution < -0.4 is 16.6 Å². The Morgan fingerprint density at radius 3 is 2.79 bits per heavy atom. The highest BCUT2D eigenvalue weighted by atomic mass is 32.2. The van der Waals surface area contributed by atoms with E-state index >= 15 is 0 Å². The molecule has 0 atom stereocenters. The molecule has 0 aromatic carbocycles. The van der Waals surface area contributed by atoms with Gasteiger partial charge in [-0.25, -0.2) is 15.8 Å². The zero-order valence-corrected chi connectivity index (χ0v) is 11.7. The first-order chi connectivity index (χ1) is 9.21. The Bertz CT molecular complexity index is 517. The summed E-state index contributed by atoms with van der Waals surface area (Å²) in [5, 5.41) is 8.13. The van der Waals surface area contributed by atoms with Crippen molar-refractivity contribution in [2.75, 3.05) is 23.5 Å². The van der Waals surface area contributed by atoms with Crippen LogP contribution in [-0.2, 0) is 6.54 Å². The quantitative estimate of drug-likeness (QED) is 0.315. The van der Waals surface area contributed by atoms with Crippen LogP contribution in [0.25, 0.3) is 0 Å². The van der Waals surface area contributed by atoms with Crippen molar-refractivity contribution in [3.63, 3.8) is 0 Å². The molecule has 2 aromatic rings. The molecule has 0 amide bonds. The van der Waals surface area contributed by atoms with Gasteiger partial charge in [-0.1, -0.05) is 11.8 Å². The van der Waals surface area contributed by atoms with Crippen molar-refractivity contribution in [2.45, 2.75) is 18.6 Å². The third-order valence-electron chi connectivity index (χ3n) is 2.45. The summed E-state index contributed by atoms with van der Waals surface area (Å²) in [6.45, 7) is 3.53. The smallest absolute Gasteiger partial charge is 0.191 e. The first-order valence-electron chi connectivity index (χ1n) is 5.84. The maximum absolute atomic E-state index is 5.37. The highest BCUT2D eigenvalue weighted by Crippen LogP contribution is 2.16. The number of hydrogen-bond acceptors (Lipinski definition) is 7. The number of hydrogen-bond donors (Lipinski definition) is 3. The van der Waals surface area contributed by atoms with Gasteiger partial charge in [0, 0.05) is 18.8 Å². The van der Waals surface area contributed by atoms with Gasteiger partial charge in [0.1, 0.15) is 11.6 Å². The summed E-state index contributed by atoms with van der Waals surface area (Å²) in [7, 11) is 0. The van der Waals surface area contributed by atoms with E-state index in [2.05, 4.69) is 25.8 Å². The van der Waals surface area contributed by atoms with Crippen LogP contribution >= 0.6 is 11.8 Å². The van der Waals surface area contributed by atoms with Gasteiger partial charge >= 0.3 is 0 Å². The summed E-state index contributed by atoms with van der Waals surface area (Å²) in [5.74, 6) is 6.71. The molecule has 102 valence electrons. The van der Waals surface area contributed by atoms with Gasteiger partial charge in [-0.05, 0) is 18.7 Å². The number of nitrogens with zero attached hydrogens (tertiary/aromatic N) is 4. The molecule has 2 rings (SSSR count). The molecule has 2 heterocycles. The average molecular weight is 279 g/mol. The van der Waals surface area contributed by atoms with Crippen LogP contribution in [0.2, 0.25) is 0 Å². The van der Waals surface area contributed by atoms with Crippen LogP contribution in [0.4, 0.5) is 11.6 Å². The predicted molar refractivity (Wildman–Crippen MR) is 77.1 cm³/mol. The Kier molecular flexibility index (Phi) is 4.58. The Morgan fingerprint density at radius 1 is 1.37 bits per heavy atom. The predicted octanol–water partition coefficient (Wildman–Crippen LogP) is 1.10. The van der Waals surface area contributed by atoms with Crippen LogP contribution in [0.5, 0.6) is 0 Å². The van der Waals surface area contributed by atoms with Gasteiger partial charge in [0.15, 0.2) is 5.16 Å². The van der Waals surface area contributed by atoms with Crippen molar-refractivity contribution in [3.05, 3.63) is 24.0 Å². The topological polar surface area (TPSA) is 93.7 Å². The summed E-state index contributed by atoms with van der Waals surface area (Å²) in [6, 6.07) is 1.77. The molecule has 2 aromatic heterocycles. The molecule has 0 radical (unpaired) electrons. The number of nitrogens with one attached hydrogen (secondary N) is 2. The minimum absolute atomic E-state index is 0.594. The number of nitrogen functional groups attached to an aromatic ring is 1. The summed E-state index contributed by atoms with van der Waals surface area (Å²) in [4.78, 5) is 8.55. The van der Waals surface area contributed by atoms with Gasteiger partial charge in [-0.2, -0.15) is 5.10 Å². The maximum Gasteiger partial charge on any atom is 0.191 e. The molecule has 0 unspecified atom stereocenters. The van der Waals surface area contributed by atoms with Crippen molar-refractivity contribution in [3.8, 4) is 0 Å². The number of aryl methyl sites for hydroxylation is 1. The molecule has 0 spiro atoms.